The molecular weight excluding hydrogens is 1250 g/mol. The second-order valence-corrected chi connectivity index (χ2v) is 27.2. The molecule has 24 aromatic rings. The Morgan fingerprint density at radius 2 is 0.480 bits per heavy atom. The van der Waals surface area contributed by atoms with E-state index in [9.17, 15) is 0 Å². The van der Waals surface area contributed by atoms with E-state index in [-0.39, 0.29) is 0 Å². The van der Waals surface area contributed by atoms with Crippen LogP contribution >= 0.6 is 0 Å². The van der Waals surface area contributed by atoms with Gasteiger partial charge in [0.2, 0.25) is 0 Å². The van der Waals surface area contributed by atoms with E-state index in [1.807, 2.05) is 24.3 Å². The summed E-state index contributed by atoms with van der Waals surface area (Å²) in [5.41, 5.74) is 18.3. The van der Waals surface area contributed by atoms with Gasteiger partial charge in [0.15, 0.2) is 11.2 Å². The summed E-state index contributed by atoms with van der Waals surface area (Å²) in [5.74, 6) is 0. The Morgan fingerprint density at radius 3 is 0.922 bits per heavy atom. The van der Waals surface area contributed by atoms with E-state index in [1.54, 1.807) is 0 Å². The van der Waals surface area contributed by atoms with Crippen LogP contribution in [0.4, 0.5) is 0 Å². The fourth-order valence-corrected chi connectivity index (χ4v) is 17.6. The normalized spacial score (nSPS) is 12.3. The molecular formula is C96H54N2O4. The predicted octanol–water partition coefficient (Wildman–Crippen LogP) is 27.4. The highest BCUT2D eigenvalue weighted by atomic mass is 16.3. The summed E-state index contributed by atoms with van der Waals surface area (Å²) in [7, 11) is 0. The van der Waals surface area contributed by atoms with Gasteiger partial charge in [-0.25, -0.2) is 0 Å². The van der Waals surface area contributed by atoms with Crippen LogP contribution in [0.15, 0.2) is 345 Å². The highest BCUT2D eigenvalue weighted by molar-refractivity contribution is 6.46. The van der Waals surface area contributed by atoms with E-state index < -0.39 is 0 Å². The molecule has 472 valence electrons. The van der Waals surface area contributed by atoms with Gasteiger partial charge in [-0.2, -0.15) is 0 Å². The fourth-order valence-electron chi connectivity index (χ4n) is 17.6. The van der Waals surface area contributed by atoms with Crippen molar-refractivity contribution >= 4 is 196 Å². The first-order valence-corrected chi connectivity index (χ1v) is 34.9. The van der Waals surface area contributed by atoms with Gasteiger partial charge in [-0.05, 0) is 150 Å². The maximum atomic E-state index is 6.99. The average Bonchev–Trinajstić information content (AvgIpc) is 1.50. The van der Waals surface area contributed by atoms with Crippen molar-refractivity contribution in [2.75, 3.05) is 0 Å². The molecule has 0 unspecified atom stereocenters. The number of fused-ring (bicyclic) bond motifs is 36. The highest BCUT2D eigenvalue weighted by Gasteiger charge is 2.29. The molecule has 0 aliphatic rings. The van der Waals surface area contributed by atoms with Crippen molar-refractivity contribution in [3.63, 3.8) is 0 Å². The molecule has 0 radical (unpaired) electrons. The average molecular weight is 1300 g/mol. The highest BCUT2D eigenvalue weighted by Crippen LogP contribution is 2.53. The lowest BCUT2D eigenvalue weighted by Gasteiger charge is -2.14. The van der Waals surface area contributed by atoms with Gasteiger partial charge < -0.3 is 26.8 Å². The van der Waals surface area contributed by atoms with Gasteiger partial charge >= 0.3 is 0 Å². The van der Waals surface area contributed by atoms with Crippen LogP contribution in [0.3, 0.4) is 0 Å². The van der Waals surface area contributed by atoms with Gasteiger partial charge in [0.1, 0.15) is 33.5 Å². The zero-order chi connectivity index (χ0) is 66.4. The monoisotopic (exact) mass is 1300 g/mol. The Bertz CT molecular complexity index is 7760. The molecule has 0 saturated carbocycles. The zero-order valence-electron chi connectivity index (χ0n) is 54.7. The van der Waals surface area contributed by atoms with E-state index in [1.165, 1.54) is 86.2 Å². The maximum Gasteiger partial charge on any atom is 0.160 e. The molecule has 0 bridgehead atoms. The largest absolute Gasteiger partial charge is 0.456 e. The molecule has 6 aromatic heterocycles. The molecule has 0 amide bonds. The maximum absolute atomic E-state index is 6.99. The first kappa shape index (κ1) is 55.3. The Morgan fingerprint density at radius 1 is 0.167 bits per heavy atom. The molecule has 6 heteroatoms. The molecule has 102 heavy (non-hydrogen) atoms. The van der Waals surface area contributed by atoms with Crippen LogP contribution in [0, 0.1) is 0 Å². The number of para-hydroxylation sites is 6. The van der Waals surface area contributed by atoms with E-state index in [0.29, 0.717) is 0 Å². The van der Waals surface area contributed by atoms with Crippen molar-refractivity contribution in [2.45, 2.75) is 0 Å². The van der Waals surface area contributed by atoms with Gasteiger partial charge in [-0.3, -0.25) is 0 Å². The number of benzene rings is 18. The first-order valence-electron chi connectivity index (χ1n) is 34.9. The molecule has 6 nitrogen and oxygen atoms in total. The summed E-state index contributed by atoms with van der Waals surface area (Å²) in [5, 5.41) is 29.0. The summed E-state index contributed by atoms with van der Waals surface area (Å²) >= 11 is 0. The van der Waals surface area contributed by atoms with Crippen LogP contribution in [0.2, 0.25) is 0 Å². The van der Waals surface area contributed by atoms with Crippen LogP contribution in [-0.2, 0) is 0 Å². The molecule has 0 fully saturated rings. The summed E-state index contributed by atoms with van der Waals surface area (Å²) in [6, 6.07) is 117. The second-order valence-electron chi connectivity index (χ2n) is 27.2. The van der Waals surface area contributed by atoms with Crippen molar-refractivity contribution in [1.29, 1.82) is 0 Å². The number of rotatable bonds is 4. The Balaban J connectivity index is 0.000000126. The fraction of sp³-hybridized carbons (Fsp3) is 0. The summed E-state index contributed by atoms with van der Waals surface area (Å²) in [6.07, 6.45) is 0. The smallest absolute Gasteiger partial charge is 0.160 e. The number of aromatic nitrogens is 2. The van der Waals surface area contributed by atoms with E-state index in [4.69, 9.17) is 17.7 Å². The topological polar surface area (TPSA) is 62.4 Å². The lowest BCUT2D eigenvalue weighted by molar-refractivity contribution is 0.668. The Hall–Kier alpha value is -13.7. The van der Waals surface area contributed by atoms with E-state index in [0.717, 1.165) is 143 Å². The molecule has 0 N–H and O–H groups in total. The quantitative estimate of drug-likeness (QED) is 0.165. The Kier molecular flexibility index (Phi) is 11.4. The Labute approximate surface area is 580 Å². The van der Waals surface area contributed by atoms with Crippen molar-refractivity contribution in [3.8, 4) is 33.6 Å². The lowest BCUT2D eigenvalue weighted by Crippen LogP contribution is -1.95. The van der Waals surface area contributed by atoms with Crippen molar-refractivity contribution in [3.05, 3.63) is 328 Å². The van der Waals surface area contributed by atoms with Gasteiger partial charge in [-0.15, -0.1) is 0 Å². The molecule has 0 aliphatic heterocycles. The third-order valence-electron chi connectivity index (χ3n) is 21.9. The number of hydrogen-bond donors (Lipinski definition) is 0. The van der Waals surface area contributed by atoms with Crippen molar-refractivity contribution < 1.29 is 17.7 Å². The lowest BCUT2D eigenvalue weighted by atomic mass is 9.89. The van der Waals surface area contributed by atoms with Gasteiger partial charge in [0, 0.05) is 97.6 Å². The molecule has 0 spiro atoms. The third-order valence-corrected chi connectivity index (χ3v) is 21.9. The van der Waals surface area contributed by atoms with Gasteiger partial charge in [0.25, 0.3) is 0 Å². The van der Waals surface area contributed by atoms with Crippen LogP contribution < -0.4 is 0 Å². The minimum Gasteiger partial charge on any atom is -0.456 e. The van der Waals surface area contributed by atoms with Crippen molar-refractivity contribution in [1.82, 2.24) is 9.13 Å². The molecule has 24 rings (SSSR count). The van der Waals surface area contributed by atoms with Gasteiger partial charge in [0.05, 0.1) is 22.1 Å². The summed E-state index contributed by atoms with van der Waals surface area (Å²) in [4.78, 5) is 0. The van der Waals surface area contributed by atoms with E-state index in [2.05, 4.69) is 312 Å². The third kappa shape index (κ3) is 7.66. The van der Waals surface area contributed by atoms with Crippen LogP contribution in [0.1, 0.15) is 0 Å². The van der Waals surface area contributed by atoms with Gasteiger partial charge in [-0.1, -0.05) is 243 Å². The first-order chi connectivity index (χ1) is 50.6. The van der Waals surface area contributed by atoms with Crippen LogP contribution in [0.25, 0.3) is 230 Å². The second kappa shape index (κ2) is 20.9. The van der Waals surface area contributed by atoms with Crippen LogP contribution in [0.5, 0.6) is 0 Å². The SMILES string of the molecule is c1cc(-c2ccc3c(c2)oc2ccccc23)cc(-n2c3ccccc3c3c4c5ccccc5c5ccccc5c4c4c5ccccc5oc4c32)c1.c1ccc2c(c1)oc1cc(-c3ccc(-n4c5ccccc5c5c6c7ccccc7c7ccccc7c6c6c7ccccc7oc6c54)cc3)ccc12. The molecule has 0 saturated heterocycles. The molecule has 18 aromatic carbocycles. The standard InChI is InChI=1S/2C48H27NO2/c1-3-17-35-31(14-1)32-15-2-4-18-36(32)44-43(35)45-37-19-5-8-21-39(37)49(47(45)48-46(44)38-20-7-10-23-41(38)51-48)30-13-11-12-28(26-30)29-24-25-34-33-16-6-9-22-40(33)50-42(34)27-29;1-3-14-35-31(11-1)32-12-2-4-15-36(32)44-43(35)45-37-16-5-8-18-39(37)49(47(45)48-46(44)38-17-7-10-20-41(38)51-48)30-24-21-28(22-25-30)29-23-26-34-33-13-6-9-19-40(33)50-42(34)27-29/h2*1-27H. The summed E-state index contributed by atoms with van der Waals surface area (Å²) < 4.78 is 31.3. The molecule has 0 aliphatic carbocycles. The molecule has 0 atom stereocenters. The number of furan rings is 4. The van der Waals surface area contributed by atoms with E-state index >= 15 is 0 Å². The van der Waals surface area contributed by atoms with Crippen LogP contribution in [-0.4, -0.2) is 9.13 Å². The minimum absolute atomic E-state index is 0.892. The summed E-state index contributed by atoms with van der Waals surface area (Å²) in [6.45, 7) is 0. The van der Waals surface area contributed by atoms with Crippen molar-refractivity contribution in [2.24, 2.45) is 0 Å². The molecule has 6 heterocycles. The number of nitrogens with zero attached hydrogens (tertiary/aromatic N) is 2. The number of hydrogen-bond acceptors (Lipinski definition) is 4. The minimum atomic E-state index is 0.892. The zero-order valence-corrected chi connectivity index (χ0v) is 54.7. The predicted molar refractivity (Wildman–Crippen MR) is 427 cm³/mol.